The van der Waals surface area contributed by atoms with Gasteiger partial charge in [-0.05, 0) is 51.8 Å². The summed E-state index contributed by atoms with van der Waals surface area (Å²) in [6.07, 6.45) is -2.10. The number of amides is 1. The Hall–Kier alpha value is -2.48. The molecule has 0 atom stereocenters. The lowest BCUT2D eigenvalue weighted by Gasteiger charge is -2.11. The van der Waals surface area contributed by atoms with E-state index in [9.17, 15) is 18.0 Å². The van der Waals surface area contributed by atoms with Crippen molar-refractivity contribution in [3.8, 4) is 5.75 Å². The van der Waals surface area contributed by atoms with Gasteiger partial charge in [0, 0.05) is 30.4 Å². The Morgan fingerprint density at radius 2 is 2.00 bits per heavy atom. The van der Waals surface area contributed by atoms with Crippen LogP contribution < -0.4 is 10.1 Å². The number of rotatable bonds is 5. The normalized spacial score (nSPS) is 11.6. The van der Waals surface area contributed by atoms with E-state index < -0.39 is 11.7 Å². The summed E-state index contributed by atoms with van der Waals surface area (Å²) in [5.41, 5.74) is 1.85. The van der Waals surface area contributed by atoms with E-state index in [4.69, 9.17) is 4.74 Å². The molecule has 2 N–H and O–H groups in total. The van der Waals surface area contributed by atoms with Crippen molar-refractivity contribution in [3.05, 3.63) is 58.2 Å². The molecule has 8 heteroatoms. The average molecular weight is 441 g/mol. The van der Waals surface area contributed by atoms with Gasteiger partial charge in [0.1, 0.15) is 5.75 Å². The van der Waals surface area contributed by atoms with Crippen molar-refractivity contribution in [3.63, 3.8) is 0 Å². The maximum Gasteiger partial charge on any atom is 0.416 e. The van der Waals surface area contributed by atoms with Crippen LogP contribution in [0.5, 0.6) is 5.75 Å². The molecule has 1 amide bonds. The number of fused-ring (bicyclic) bond motifs is 1. The van der Waals surface area contributed by atoms with E-state index in [1.165, 1.54) is 13.0 Å². The Morgan fingerprint density at radius 3 is 2.67 bits per heavy atom. The van der Waals surface area contributed by atoms with Crippen molar-refractivity contribution in [2.45, 2.75) is 19.5 Å². The number of carbonyl (C=O) groups is 1. The molecular weight excluding hydrogens is 425 g/mol. The summed E-state index contributed by atoms with van der Waals surface area (Å²) < 4.78 is 43.9. The van der Waals surface area contributed by atoms with Crippen LogP contribution in [0.15, 0.2) is 47.1 Å². The van der Waals surface area contributed by atoms with Crippen LogP contribution in [0, 0.1) is 0 Å². The second-order valence-electron chi connectivity index (χ2n) is 6.00. The summed E-state index contributed by atoms with van der Waals surface area (Å²) >= 11 is 3.12. The Bertz CT molecular complexity index is 983. The lowest BCUT2D eigenvalue weighted by molar-refractivity contribution is -0.137. The van der Waals surface area contributed by atoms with Crippen molar-refractivity contribution in [1.82, 2.24) is 4.98 Å². The van der Waals surface area contributed by atoms with Crippen LogP contribution in [-0.2, 0) is 17.4 Å². The van der Waals surface area contributed by atoms with E-state index in [-0.39, 0.29) is 10.4 Å². The number of nitrogens with one attached hydrogen (secondary N) is 2. The molecule has 0 bridgehead atoms. The molecule has 142 valence electrons. The van der Waals surface area contributed by atoms with E-state index in [1.807, 2.05) is 18.2 Å². The van der Waals surface area contributed by atoms with Crippen molar-refractivity contribution in [2.24, 2.45) is 0 Å². The Labute approximate surface area is 161 Å². The van der Waals surface area contributed by atoms with Gasteiger partial charge in [0.15, 0.2) is 0 Å². The standard InChI is InChI=1S/C19H16BrF3N2O2/c1-11(26)25-17-10-24-16-4-2-12(8-14(16)17)6-7-27-18-5-3-13(9-15(18)20)19(21,22)23/h2-5,8-10,24H,6-7H2,1H3,(H,25,26). The monoisotopic (exact) mass is 440 g/mol. The zero-order valence-electron chi connectivity index (χ0n) is 14.3. The minimum atomic E-state index is -4.39. The van der Waals surface area contributed by atoms with E-state index >= 15 is 0 Å². The maximum absolute atomic E-state index is 12.7. The van der Waals surface area contributed by atoms with Crippen molar-refractivity contribution < 1.29 is 22.7 Å². The molecule has 0 aliphatic carbocycles. The molecule has 0 saturated heterocycles. The van der Waals surface area contributed by atoms with E-state index in [0.717, 1.165) is 28.6 Å². The first-order chi connectivity index (χ1) is 12.7. The fourth-order valence-corrected chi connectivity index (χ4v) is 3.18. The summed E-state index contributed by atoms with van der Waals surface area (Å²) in [6, 6.07) is 9.08. The van der Waals surface area contributed by atoms with E-state index in [0.29, 0.717) is 24.5 Å². The molecule has 4 nitrogen and oxygen atoms in total. The summed E-state index contributed by atoms with van der Waals surface area (Å²) in [6.45, 7) is 1.74. The molecule has 0 unspecified atom stereocenters. The molecule has 0 radical (unpaired) electrons. The lowest BCUT2D eigenvalue weighted by Crippen LogP contribution is -2.06. The number of benzene rings is 2. The average Bonchev–Trinajstić information content (AvgIpc) is 2.97. The summed E-state index contributed by atoms with van der Waals surface area (Å²) in [5, 5.41) is 3.65. The van der Waals surface area contributed by atoms with Gasteiger partial charge in [-0.2, -0.15) is 13.2 Å². The minimum Gasteiger partial charge on any atom is -0.492 e. The number of aromatic amines is 1. The molecule has 3 rings (SSSR count). The number of anilines is 1. The molecule has 1 aromatic heterocycles. The number of ether oxygens (including phenoxy) is 1. The molecule has 0 spiro atoms. The first kappa shape index (κ1) is 19.3. The quantitative estimate of drug-likeness (QED) is 0.547. The predicted octanol–water partition coefficient (Wildman–Crippen LogP) is 5.53. The molecule has 0 aliphatic rings. The van der Waals surface area contributed by atoms with Crippen LogP contribution in [0.2, 0.25) is 0 Å². The molecule has 0 aliphatic heterocycles. The third kappa shape index (κ3) is 4.63. The van der Waals surface area contributed by atoms with Gasteiger partial charge in [-0.1, -0.05) is 6.07 Å². The summed E-state index contributed by atoms with van der Waals surface area (Å²) in [7, 11) is 0. The fraction of sp³-hybridized carbons (Fsp3) is 0.211. The zero-order chi connectivity index (χ0) is 19.6. The van der Waals surface area contributed by atoms with Gasteiger partial charge in [0.2, 0.25) is 5.91 Å². The summed E-state index contributed by atoms with van der Waals surface area (Å²) in [4.78, 5) is 14.4. The Balaban J connectivity index is 1.67. The second-order valence-corrected chi connectivity index (χ2v) is 6.86. The van der Waals surface area contributed by atoms with Crippen LogP contribution in [0.25, 0.3) is 10.9 Å². The van der Waals surface area contributed by atoms with Gasteiger partial charge < -0.3 is 15.0 Å². The largest absolute Gasteiger partial charge is 0.492 e. The Kier molecular flexibility index (Phi) is 5.46. The first-order valence-electron chi connectivity index (χ1n) is 8.11. The maximum atomic E-state index is 12.7. The predicted molar refractivity (Wildman–Crippen MR) is 101 cm³/mol. The van der Waals surface area contributed by atoms with Gasteiger partial charge in [-0.15, -0.1) is 0 Å². The van der Waals surface area contributed by atoms with Crippen LogP contribution in [0.4, 0.5) is 18.9 Å². The van der Waals surface area contributed by atoms with Crippen LogP contribution >= 0.6 is 15.9 Å². The second kappa shape index (κ2) is 7.64. The van der Waals surface area contributed by atoms with Gasteiger partial charge in [0.25, 0.3) is 0 Å². The van der Waals surface area contributed by atoms with E-state index in [2.05, 4.69) is 26.2 Å². The topological polar surface area (TPSA) is 54.1 Å². The number of carbonyl (C=O) groups excluding carboxylic acids is 1. The zero-order valence-corrected chi connectivity index (χ0v) is 15.9. The van der Waals surface area contributed by atoms with E-state index in [1.54, 1.807) is 6.20 Å². The minimum absolute atomic E-state index is 0.156. The molecule has 2 aromatic carbocycles. The highest BCUT2D eigenvalue weighted by atomic mass is 79.9. The SMILES string of the molecule is CC(=O)Nc1c[nH]c2ccc(CCOc3ccc(C(F)(F)F)cc3Br)cc12. The Morgan fingerprint density at radius 1 is 1.22 bits per heavy atom. The third-order valence-electron chi connectivity index (χ3n) is 3.96. The van der Waals surface area contributed by atoms with Crippen LogP contribution in [0.3, 0.4) is 0 Å². The fourth-order valence-electron chi connectivity index (χ4n) is 2.69. The van der Waals surface area contributed by atoms with Crippen molar-refractivity contribution in [2.75, 3.05) is 11.9 Å². The first-order valence-corrected chi connectivity index (χ1v) is 8.90. The van der Waals surface area contributed by atoms with Crippen molar-refractivity contribution >= 4 is 38.4 Å². The molecule has 0 fully saturated rings. The highest BCUT2D eigenvalue weighted by Gasteiger charge is 2.30. The highest BCUT2D eigenvalue weighted by molar-refractivity contribution is 9.10. The number of H-pyrrole nitrogens is 1. The number of halogens is 4. The lowest BCUT2D eigenvalue weighted by atomic mass is 10.1. The number of hydrogen-bond acceptors (Lipinski definition) is 2. The van der Waals surface area contributed by atoms with Gasteiger partial charge in [-0.25, -0.2) is 0 Å². The van der Waals surface area contributed by atoms with Crippen LogP contribution in [0.1, 0.15) is 18.1 Å². The third-order valence-corrected chi connectivity index (χ3v) is 4.58. The molecular formula is C19H16BrF3N2O2. The molecule has 3 aromatic rings. The molecule has 27 heavy (non-hydrogen) atoms. The highest BCUT2D eigenvalue weighted by Crippen LogP contribution is 2.35. The summed E-state index contributed by atoms with van der Waals surface area (Å²) in [5.74, 6) is 0.196. The van der Waals surface area contributed by atoms with Crippen LogP contribution in [-0.4, -0.2) is 17.5 Å². The van der Waals surface area contributed by atoms with Gasteiger partial charge in [0.05, 0.1) is 22.3 Å². The molecule has 1 heterocycles. The number of hydrogen-bond donors (Lipinski definition) is 2. The number of alkyl halides is 3. The van der Waals surface area contributed by atoms with Gasteiger partial charge in [-0.3, -0.25) is 4.79 Å². The number of aromatic nitrogens is 1. The van der Waals surface area contributed by atoms with Crippen molar-refractivity contribution in [1.29, 1.82) is 0 Å². The molecule has 0 saturated carbocycles. The smallest absolute Gasteiger partial charge is 0.416 e. The van der Waals surface area contributed by atoms with Gasteiger partial charge >= 0.3 is 6.18 Å².